The van der Waals surface area contributed by atoms with Crippen LogP contribution in [0.5, 0.6) is 0 Å². The number of nitro benzene ring substituents is 1. The molecule has 0 saturated heterocycles. The number of aryl methyl sites for hydroxylation is 2. The van der Waals surface area contributed by atoms with Crippen molar-refractivity contribution in [3.63, 3.8) is 0 Å². The van der Waals surface area contributed by atoms with Crippen molar-refractivity contribution in [1.29, 1.82) is 0 Å². The van der Waals surface area contributed by atoms with E-state index in [2.05, 4.69) is 26.3 Å². The number of halogens is 2. The highest BCUT2D eigenvalue weighted by Crippen LogP contribution is 2.33. The molecule has 0 atom stereocenters. The first-order chi connectivity index (χ1) is 12.8. The summed E-state index contributed by atoms with van der Waals surface area (Å²) in [5.74, 6) is -0.163. The quantitative estimate of drug-likeness (QED) is 0.450. The first-order valence-electron chi connectivity index (χ1n) is 7.82. The van der Waals surface area contributed by atoms with Crippen molar-refractivity contribution in [2.45, 2.75) is 6.92 Å². The Kier molecular flexibility index (Phi) is 5.29. The smallest absolute Gasteiger partial charge is 0.283 e. The molecule has 0 saturated carbocycles. The van der Waals surface area contributed by atoms with Gasteiger partial charge in [-0.05, 0) is 36.8 Å². The van der Waals surface area contributed by atoms with Gasteiger partial charge in [0.25, 0.3) is 11.6 Å². The van der Waals surface area contributed by atoms with Crippen LogP contribution in [-0.4, -0.2) is 20.6 Å². The second-order valence-electron chi connectivity index (χ2n) is 5.81. The maximum atomic E-state index is 12.7. The average molecular weight is 450 g/mol. The Hall–Kier alpha value is -2.71. The number of hydrogen-bond donors (Lipinski definition) is 1. The summed E-state index contributed by atoms with van der Waals surface area (Å²) < 4.78 is 2.46. The molecule has 0 aliphatic heterocycles. The van der Waals surface area contributed by atoms with Crippen molar-refractivity contribution >= 4 is 44.9 Å². The van der Waals surface area contributed by atoms with Gasteiger partial charge in [-0.25, -0.2) is 0 Å². The number of aromatic nitrogens is 2. The van der Waals surface area contributed by atoms with Crippen LogP contribution in [0.2, 0.25) is 5.02 Å². The number of rotatable bonds is 4. The van der Waals surface area contributed by atoms with E-state index in [9.17, 15) is 14.9 Å². The van der Waals surface area contributed by atoms with Gasteiger partial charge < -0.3 is 5.32 Å². The Labute approximate surface area is 168 Å². The highest BCUT2D eigenvalue weighted by Gasteiger charge is 2.24. The summed E-state index contributed by atoms with van der Waals surface area (Å²) >= 11 is 9.21. The van der Waals surface area contributed by atoms with E-state index in [1.54, 1.807) is 7.05 Å². The number of carbonyl (C=O) groups excluding carboxylic acids is 1. The zero-order valence-corrected chi connectivity index (χ0v) is 16.7. The monoisotopic (exact) mass is 448 g/mol. The summed E-state index contributed by atoms with van der Waals surface area (Å²) in [5.41, 5.74) is 1.90. The van der Waals surface area contributed by atoms with Crippen LogP contribution in [0.4, 0.5) is 11.5 Å². The Morgan fingerprint density at radius 2 is 1.93 bits per heavy atom. The third-order valence-corrected chi connectivity index (χ3v) is 4.75. The Bertz CT molecular complexity index is 1050. The SMILES string of the molecule is Cc1nn(C)c(NC(=O)c2ccc(Cl)cc2[N+](=O)[O-])c1-c1ccc(Br)cc1. The normalized spacial score (nSPS) is 10.7. The van der Waals surface area contributed by atoms with Gasteiger partial charge in [-0.1, -0.05) is 39.7 Å². The van der Waals surface area contributed by atoms with Crippen molar-refractivity contribution in [2.75, 3.05) is 5.32 Å². The van der Waals surface area contributed by atoms with Crippen LogP contribution < -0.4 is 5.32 Å². The largest absolute Gasteiger partial charge is 0.306 e. The third-order valence-electron chi connectivity index (χ3n) is 3.99. The molecule has 1 heterocycles. The second kappa shape index (κ2) is 7.50. The number of nitro groups is 1. The van der Waals surface area contributed by atoms with Crippen molar-refractivity contribution in [3.05, 3.63) is 73.3 Å². The van der Waals surface area contributed by atoms with E-state index in [1.165, 1.54) is 16.8 Å². The number of anilines is 1. The first-order valence-corrected chi connectivity index (χ1v) is 9.00. The minimum atomic E-state index is -0.634. The van der Waals surface area contributed by atoms with E-state index in [0.717, 1.165) is 27.4 Å². The van der Waals surface area contributed by atoms with Gasteiger partial charge in [-0.3, -0.25) is 19.6 Å². The fourth-order valence-electron chi connectivity index (χ4n) is 2.79. The zero-order chi connectivity index (χ0) is 19.7. The van der Waals surface area contributed by atoms with Crippen molar-refractivity contribution in [3.8, 4) is 11.1 Å². The fourth-order valence-corrected chi connectivity index (χ4v) is 3.22. The molecule has 0 bridgehead atoms. The lowest BCUT2D eigenvalue weighted by atomic mass is 10.1. The number of nitrogens with one attached hydrogen (secondary N) is 1. The van der Waals surface area contributed by atoms with E-state index < -0.39 is 10.8 Å². The lowest BCUT2D eigenvalue weighted by Crippen LogP contribution is -2.16. The van der Waals surface area contributed by atoms with Crippen molar-refractivity contribution < 1.29 is 9.72 Å². The Morgan fingerprint density at radius 3 is 2.56 bits per heavy atom. The van der Waals surface area contributed by atoms with Crippen molar-refractivity contribution in [1.82, 2.24) is 9.78 Å². The molecule has 2 aromatic carbocycles. The van der Waals surface area contributed by atoms with Gasteiger partial charge in [0.05, 0.1) is 10.6 Å². The standard InChI is InChI=1S/C18H14BrClN4O3/c1-10-16(11-3-5-12(19)6-4-11)17(23(2)22-10)21-18(25)14-8-7-13(20)9-15(14)24(26)27/h3-9H,1-2H3,(H,21,25). The molecule has 0 aliphatic rings. The predicted octanol–water partition coefficient (Wildman–Crippen LogP) is 4.97. The van der Waals surface area contributed by atoms with E-state index >= 15 is 0 Å². The molecule has 1 aromatic heterocycles. The maximum Gasteiger partial charge on any atom is 0.283 e. The van der Waals surface area contributed by atoms with E-state index in [4.69, 9.17) is 11.6 Å². The van der Waals surface area contributed by atoms with Gasteiger partial charge in [-0.15, -0.1) is 0 Å². The summed E-state index contributed by atoms with van der Waals surface area (Å²) in [6.07, 6.45) is 0. The lowest BCUT2D eigenvalue weighted by Gasteiger charge is -2.10. The molecule has 0 radical (unpaired) electrons. The number of amides is 1. The molecular weight excluding hydrogens is 436 g/mol. The molecule has 27 heavy (non-hydrogen) atoms. The minimum absolute atomic E-state index is 0.0787. The molecule has 1 amide bonds. The number of nitrogens with zero attached hydrogens (tertiary/aromatic N) is 3. The molecule has 0 unspecified atom stereocenters. The molecule has 3 rings (SSSR count). The Morgan fingerprint density at radius 1 is 1.26 bits per heavy atom. The highest BCUT2D eigenvalue weighted by molar-refractivity contribution is 9.10. The number of carbonyl (C=O) groups is 1. The molecule has 138 valence electrons. The van der Waals surface area contributed by atoms with Crippen LogP contribution >= 0.6 is 27.5 Å². The van der Waals surface area contributed by atoms with Crippen LogP contribution in [0.15, 0.2) is 46.9 Å². The molecule has 1 N–H and O–H groups in total. The van der Waals surface area contributed by atoms with E-state index in [0.29, 0.717) is 5.82 Å². The van der Waals surface area contributed by atoms with Gasteiger partial charge in [0, 0.05) is 28.2 Å². The zero-order valence-electron chi connectivity index (χ0n) is 14.4. The molecule has 7 nitrogen and oxygen atoms in total. The summed E-state index contributed by atoms with van der Waals surface area (Å²) in [4.78, 5) is 23.4. The fraction of sp³-hybridized carbons (Fsp3) is 0.111. The van der Waals surface area contributed by atoms with Crippen LogP contribution in [0.3, 0.4) is 0 Å². The average Bonchev–Trinajstić information content (AvgIpc) is 2.89. The Balaban J connectivity index is 2.03. The summed E-state index contributed by atoms with van der Waals surface area (Å²) in [6, 6.07) is 11.5. The molecule has 0 spiro atoms. The number of benzene rings is 2. The lowest BCUT2D eigenvalue weighted by molar-refractivity contribution is -0.385. The van der Waals surface area contributed by atoms with Crippen LogP contribution in [0.1, 0.15) is 16.1 Å². The molecule has 0 fully saturated rings. The van der Waals surface area contributed by atoms with Crippen molar-refractivity contribution in [2.24, 2.45) is 7.05 Å². The van der Waals surface area contributed by atoms with E-state index in [-0.39, 0.29) is 16.3 Å². The van der Waals surface area contributed by atoms with Gasteiger partial charge in [-0.2, -0.15) is 5.10 Å². The van der Waals surface area contributed by atoms with Gasteiger partial charge in [0.1, 0.15) is 11.4 Å². The van der Waals surface area contributed by atoms with Crippen LogP contribution in [0.25, 0.3) is 11.1 Å². The topological polar surface area (TPSA) is 90.1 Å². The first kappa shape index (κ1) is 19.1. The third kappa shape index (κ3) is 3.86. The van der Waals surface area contributed by atoms with E-state index in [1.807, 2.05) is 31.2 Å². The van der Waals surface area contributed by atoms with Gasteiger partial charge >= 0.3 is 0 Å². The second-order valence-corrected chi connectivity index (χ2v) is 7.16. The molecule has 0 aliphatic carbocycles. The molecule has 3 aromatic rings. The summed E-state index contributed by atoms with van der Waals surface area (Å²) in [6.45, 7) is 1.83. The summed E-state index contributed by atoms with van der Waals surface area (Å²) in [5, 5.41) is 18.6. The summed E-state index contributed by atoms with van der Waals surface area (Å²) in [7, 11) is 1.70. The van der Waals surface area contributed by atoms with Crippen LogP contribution in [-0.2, 0) is 7.05 Å². The maximum absolute atomic E-state index is 12.7. The van der Waals surface area contributed by atoms with Gasteiger partial charge in [0.15, 0.2) is 0 Å². The van der Waals surface area contributed by atoms with Gasteiger partial charge in [0.2, 0.25) is 0 Å². The number of hydrogen-bond acceptors (Lipinski definition) is 4. The minimum Gasteiger partial charge on any atom is -0.306 e. The molecular formula is C18H14BrClN4O3. The predicted molar refractivity (Wildman–Crippen MR) is 107 cm³/mol. The highest BCUT2D eigenvalue weighted by atomic mass is 79.9. The van der Waals surface area contributed by atoms with Crippen LogP contribution in [0, 0.1) is 17.0 Å². The molecule has 9 heteroatoms.